The van der Waals surface area contributed by atoms with Crippen molar-refractivity contribution >= 4 is 17.6 Å². The lowest BCUT2D eigenvalue weighted by Crippen LogP contribution is -2.25. The Hall–Kier alpha value is -2.65. The van der Waals surface area contributed by atoms with Gasteiger partial charge in [0.2, 0.25) is 5.88 Å². The van der Waals surface area contributed by atoms with Crippen molar-refractivity contribution in [3.63, 3.8) is 0 Å². The van der Waals surface area contributed by atoms with Crippen LogP contribution in [0.15, 0.2) is 41.0 Å². The average Bonchev–Trinajstić information content (AvgIpc) is 2.65. The van der Waals surface area contributed by atoms with Gasteiger partial charge in [0.05, 0.1) is 29.7 Å². The first-order chi connectivity index (χ1) is 13.4. The van der Waals surface area contributed by atoms with E-state index in [-0.39, 0.29) is 23.6 Å². The Balaban J connectivity index is 2.40. The number of rotatable bonds is 8. The van der Waals surface area contributed by atoms with Crippen molar-refractivity contribution in [3.8, 4) is 11.8 Å². The van der Waals surface area contributed by atoms with Gasteiger partial charge in [-0.15, -0.1) is 0 Å². The van der Waals surface area contributed by atoms with Crippen LogP contribution in [0.1, 0.15) is 51.5 Å². The Morgan fingerprint density at radius 2 is 2.11 bits per heavy atom. The number of hydrogen-bond donors (Lipinski definition) is 1. The fraction of sp³-hybridized carbons (Fsp3) is 0.429. The van der Waals surface area contributed by atoms with E-state index in [1.54, 1.807) is 32.0 Å². The maximum Gasteiger partial charge on any atom is 0.338 e. The van der Waals surface area contributed by atoms with Gasteiger partial charge in [0.1, 0.15) is 23.2 Å². The van der Waals surface area contributed by atoms with Gasteiger partial charge in [-0.3, -0.25) is 0 Å². The molecule has 1 aliphatic heterocycles. The highest BCUT2D eigenvalue weighted by atomic mass is 35.5. The minimum absolute atomic E-state index is 0.0333. The zero-order valence-electron chi connectivity index (χ0n) is 16.4. The largest absolute Gasteiger partial charge is 0.492 e. The predicted molar refractivity (Wildman–Crippen MR) is 106 cm³/mol. The summed E-state index contributed by atoms with van der Waals surface area (Å²) in [5, 5.41) is 10.00. The van der Waals surface area contributed by atoms with Crippen LogP contribution in [0.25, 0.3) is 0 Å². The van der Waals surface area contributed by atoms with Crippen LogP contribution in [0, 0.1) is 11.3 Å². The van der Waals surface area contributed by atoms with Gasteiger partial charge in [-0.2, -0.15) is 5.26 Å². The average molecular weight is 405 g/mol. The second kappa shape index (κ2) is 10.0. The first kappa shape index (κ1) is 21.6. The Morgan fingerprint density at radius 3 is 2.71 bits per heavy atom. The number of unbranched alkanes of at least 4 members (excludes halogenated alkanes) is 2. The molecule has 0 fully saturated rings. The monoisotopic (exact) mass is 404 g/mol. The zero-order chi connectivity index (χ0) is 20.7. The number of allylic oxidation sites excluding steroid dienone is 2. The molecule has 0 bridgehead atoms. The van der Waals surface area contributed by atoms with Gasteiger partial charge < -0.3 is 19.9 Å². The van der Waals surface area contributed by atoms with E-state index in [0.29, 0.717) is 28.7 Å². The molecule has 1 unspecified atom stereocenters. The number of esters is 1. The van der Waals surface area contributed by atoms with Crippen LogP contribution in [-0.2, 0) is 14.3 Å². The van der Waals surface area contributed by atoms with Crippen LogP contribution in [-0.4, -0.2) is 19.2 Å². The lowest BCUT2D eigenvalue weighted by molar-refractivity contribution is -0.139. The SMILES string of the molecule is CCCCCOc1ccc(C2C(C#N)=C(N)OC(C)=C2C(=O)OCC)cc1Cl. The van der Waals surface area contributed by atoms with Crippen LogP contribution in [0.4, 0.5) is 0 Å². The number of nitrogens with two attached hydrogens (primary N) is 1. The summed E-state index contributed by atoms with van der Waals surface area (Å²) >= 11 is 6.39. The molecule has 1 heterocycles. The molecule has 0 amide bonds. The summed E-state index contributed by atoms with van der Waals surface area (Å²) in [5.74, 6) is -0.446. The molecule has 0 aromatic heterocycles. The smallest absolute Gasteiger partial charge is 0.338 e. The standard InChI is InChI=1S/C21H25ClN2O4/c1-4-6-7-10-27-17-9-8-14(11-16(17)22)19-15(12-23)20(24)28-13(3)18(19)21(25)26-5-2/h8-9,11,19H,4-7,10,24H2,1-3H3. The molecule has 2 rings (SSSR count). The third-order valence-corrected chi connectivity index (χ3v) is 4.69. The van der Waals surface area contributed by atoms with Crippen LogP contribution in [0.2, 0.25) is 5.02 Å². The number of carbonyl (C=O) groups is 1. The van der Waals surface area contributed by atoms with Crippen LogP contribution >= 0.6 is 11.6 Å². The molecule has 0 spiro atoms. The second-order valence-electron chi connectivity index (χ2n) is 6.36. The van der Waals surface area contributed by atoms with Gasteiger partial charge >= 0.3 is 5.97 Å². The third kappa shape index (κ3) is 4.79. The topological polar surface area (TPSA) is 94.6 Å². The van der Waals surface area contributed by atoms with E-state index >= 15 is 0 Å². The Morgan fingerprint density at radius 1 is 1.36 bits per heavy atom. The number of benzene rings is 1. The van der Waals surface area contributed by atoms with E-state index in [2.05, 4.69) is 6.92 Å². The van der Waals surface area contributed by atoms with E-state index in [4.69, 9.17) is 31.5 Å². The summed E-state index contributed by atoms with van der Waals surface area (Å²) in [7, 11) is 0. The summed E-state index contributed by atoms with van der Waals surface area (Å²) in [4.78, 5) is 12.5. The van der Waals surface area contributed by atoms with Crippen molar-refractivity contribution in [2.24, 2.45) is 5.73 Å². The van der Waals surface area contributed by atoms with Gasteiger partial charge in [0.25, 0.3) is 0 Å². The molecule has 0 saturated heterocycles. The fourth-order valence-electron chi connectivity index (χ4n) is 3.04. The van der Waals surface area contributed by atoms with Gasteiger partial charge in [-0.05, 0) is 38.0 Å². The predicted octanol–water partition coefficient (Wildman–Crippen LogP) is 4.55. The molecule has 1 aliphatic rings. The highest BCUT2D eigenvalue weighted by molar-refractivity contribution is 6.32. The van der Waals surface area contributed by atoms with E-state index in [0.717, 1.165) is 19.3 Å². The molecular weight excluding hydrogens is 380 g/mol. The maximum absolute atomic E-state index is 12.5. The molecule has 2 N–H and O–H groups in total. The lowest BCUT2D eigenvalue weighted by Gasteiger charge is -2.27. The van der Waals surface area contributed by atoms with Crippen molar-refractivity contribution in [1.82, 2.24) is 0 Å². The summed E-state index contributed by atoms with van der Waals surface area (Å²) in [6.07, 6.45) is 3.13. The highest BCUT2D eigenvalue weighted by Crippen LogP contribution is 2.41. The van der Waals surface area contributed by atoms with E-state index in [9.17, 15) is 10.1 Å². The summed E-state index contributed by atoms with van der Waals surface area (Å²) in [6.45, 7) is 6.23. The normalized spacial score (nSPS) is 16.5. The molecule has 1 aromatic carbocycles. The highest BCUT2D eigenvalue weighted by Gasteiger charge is 2.36. The van der Waals surface area contributed by atoms with Crippen LogP contribution < -0.4 is 10.5 Å². The van der Waals surface area contributed by atoms with Crippen molar-refractivity contribution in [1.29, 1.82) is 5.26 Å². The summed E-state index contributed by atoms with van der Waals surface area (Å²) < 4.78 is 16.3. The first-order valence-corrected chi connectivity index (χ1v) is 9.70. The molecule has 150 valence electrons. The van der Waals surface area contributed by atoms with Crippen LogP contribution in [0.3, 0.4) is 0 Å². The van der Waals surface area contributed by atoms with Crippen molar-refractivity contribution in [3.05, 3.63) is 51.6 Å². The Labute approximate surface area is 170 Å². The molecule has 0 radical (unpaired) electrons. The number of nitriles is 1. The van der Waals surface area contributed by atoms with Gasteiger partial charge in [0, 0.05) is 0 Å². The molecule has 1 aromatic rings. The van der Waals surface area contributed by atoms with E-state index in [1.807, 2.05) is 6.07 Å². The fourth-order valence-corrected chi connectivity index (χ4v) is 3.28. The van der Waals surface area contributed by atoms with Gasteiger partial charge in [-0.25, -0.2) is 4.79 Å². The molecule has 1 atom stereocenters. The third-order valence-electron chi connectivity index (χ3n) is 4.40. The molecular formula is C21H25ClN2O4. The number of ether oxygens (including phenoxy) is 3. The lowest BCUT2D eigenvalue weighted by atomic mass is 9.83. The number of carbonyl (C=O) groups excluding carboxylic acids is 1. The van der Waals surface area contributed by atoms with Gasteiger partial charge in [0.15, 0.2) is 0 Å². The maximum atomic E-state index is 12.5. The minimum atomic E-state index is -0.718. The summed E-state index contributed by atoms with van der Waals surface area (Å²) in [6, 6.07) is 7.24. The number of halogens is 1. The molecule has 7 heteroatoms. The molecule has 28 heavy (non-hydrogen) atoms. The number of nitrogens with zero attached hydrogens (tertiary/aromatic N) is 1. The summed E-state index contributed by atoms with van der Waals surface area (Å²) in [5.41, 5.74) is 6.91. The zero-order valence-corrected chi connectivity index (χ0v) is 17.1. The Kier molecular flexibility index (Phi) is 7.77. The second-order valence-corrected chi connectivity index (χ2v) is 6.77. The van der Waals surface area contributed by atoms with E-state index in [1.165, 1.54) is 0 Å². The molecule has 0 saturated carbocycles. The molecule has 6 nitrogen and oxygen atoms in total. The molecule has 0 aliphatic carbocycles. The van der Waals surface area contributed by atoms with E-state index < -0.39 is 11.9 Å². The van der Waals surface area contributed by atoms with Crippen LogP contribution in [0.5, 0.6) is 5.75 Å². The van der Waals surface area contributed by atoms with Crippen molar-refractivity contribution < 1.29 is 19.0 Å². The number of hydrogen-bond acceptors (Lipinski definition) is 6. The van der Waals surface area contributed by atoms with Crippen molar-refractivity contribution in [2.45, 2.75) is 46.0 Å². The van der Waals surface area contributed by atoms with Crippen molar-refractivity contribution in [2.75, 3.05) is 13.2 Å². The Bertz CT molecular complexity index is 839. The minimum Gasteiger partial charge on any atom is -0.492 e. The first-order valence-electron chi connectivity index (χ1n) is 9.32. The van der Waals surface area contributed by atoms with Gasteiger partial charge in [-0.1, -0.05) is 37.4 Å². The quantitative estimate of drug-likeness (QED) is 0.504.